The van der Waals surface area contributed by atoms with Crippen molar-refractivity contribution < 1.29 is 18.0 Å². The van der Waals surface area contributed by atoms with E-state index >= 15 is 0 Å². The molecular formula is C26H26F3N5O. The van der Waals surface area contributed by atoms with Gasteiger partial charge in [0.25, 0.3) is 0 Å². The number of carbonyl (C=O) groups excluding carboxylic acids is 1. The van der Waals surface area contributed by atoms with E-state index in [0.717, 1.165) is 23.1 Å². The predicted octanol–water partition coefficient (Wildman–Crippen LogP) is 4.24. The number of aromatic nitrogens is 2. The number of nitrogens with one attached hydrogen (secondary N) is 1. The number of halogens is 3. The standard InChI is InChI=1S/C26H26F3N5O/c1-17(18-5-3-2-4-6-18)32-25(35)21-14-19-13-20(26(27,28)29)7-8-22(19)34-12-11-33(16-23(21)34)24-15-30-9-10-31-24/h2-10,13,15,17,21,23H,11-12,14,16H2,1H3,(H,32,35)/t17-,21-,23+/m0/s1. The highest BCUT2D eigenvalue weighted by Gasteiger charge is 2.43. The third kappa shape index (κ3) is 4.67. The van der Waals surface area contributed by atoms with E-state index < -0.39 is 17.7 Å². The van der Waals surface area contributed by atoms with E-state index in [2.05, 4.69) is 25.1 Å². The van der Waals surface area contributed by atoms with Crippen LogP contribution in [0.3, 0.4) is 0 Å². The van der Waals surface area contributed by atoms with Crippen LogP contribution in [-0.2, 0) is 17.4 Å². The summed E-state index contributed by atoms with van der Waals surface area (Å²) in [6, 6.07) is 13.1. The van der Waals surface area contributed by atoms with Crippen LogP contribution in [0.2, 0.25) is 0 Å². The molecule has 2 aromatic carbocycles. The number of alkyl halides is 3. The quantitative estimate of drug-likeness (QED) is 0.604. The third-order valence-corrected chi connectivity index (χ3v) is 6.91. The molecular weight excluding hydrogens is 455 g/mol. The van der Waals surface area contributed by atoms with E-state index in [1.165, 1.54) is 6.07 Å². The first-order chi connectivity index (χ1) is 16.8. The maximum absolute atomic E-state index is 13.6. The van der Waals surface area contributed by atoms with Crippen LogP contribution in [0.5, 0.6) is 0 Å². The molecule has 3 atom stereocenters. The zero-order chi connectivity index (χ0) is 24.6. The fourth-order valence-corrected chi connectivity index (χ4v) is 5.11. The number of rotatable bonds is 4. The molecule has 1 saturated heterocycles. The predicted molar refractivity (Wildman–Crippen MR) is 127 cm³/mol. The molecule has 0 aliphatic carbocycles. The van der Waals surface area contributed by atoms with Crippen LogP contribution < -0.4 is 15.1 Å². The van der Waals surface area contributed by atoms with Crippen molar-refractivity contribution in [2.24, 2.45) is 5.92 Å². The zero-order valence-corrected chi connectivity index (χ0v) is 19.2. The Morgan fingerprint density at radius 2 is 1.91 bits per heavy atom. The number of benzene rings is 2. The van der Waals surface area contributed by atoms with Gasteiger partial charge in [-0.1, -0.05) is 30.3 Å². The molecule has 0 unspecified atom stereocenters. The summed E-state index contributed by atoms with van der Waals surface area (Å²) in [5.74, 6) is 0.0409. The Kier molecular flexibility index (Phi) is 6.08. The first-order valence-electron chi connectivity index (χ1n) is 11.6. The minimum Gasteiger partial charge on any atom is -0.364 e. The molecule has 1 amide bonds. The summed E-state index contributed by atoms with van der Waals surface area (Å²) in [6.07, 6.45) is 0.727. The normalized spacial score (nSPS) is 20.6. The van der Waals surface area contributed by atoms with Gasteiger partial charge in [-0.15, -0.1) is 0 Å². The van der Waals surface area contributed by atoms with E-state index in [1.807, 2.05) is 37.3 Å². The maximum atomic E-state index is 13.6. The molecule has 1 N–H and O–H groups in total. The molecule has 0 spiro atoms. The molecule has 182 valence electrons. The minimum atomic E-state index is -4.43. The van der Waals surface area contributed by atoms with Crippen LogP contribution in [0.25, 0.3) is 0 Å². The summed E-state index contributed by atoms with van der Waals surface area (Å²) in [4.78, 5) is 26.3. The van der Waals surface area contributed by atoms with Crippen LogP contribution in [0, 0.1) is 5.92 Å². The second kappa shape index (κ2) is 9.20. The van der Waals surface area contributed by atoms with Crippen LogP contribution >= 0.6 is 0 Å². The Bertz CT molecular complexity index is 1190. The zero-order valence-electron chi connectivity index (χ0n) is 19.2. The van der Waals surface area contributed by atoms with Gasteiger partial charge >= 0.3 is 6.18 Å². The van der Waals surface area contributed by atoms with Gasteiger partial charge < -0.3 is 15.1 Å². The van der Waals surface area contributed by atoms with E-state index in [4.69, 9.17) is 0 Å². The third-order valence-electron chi connectivity index (χ3n) is 6.91. The Morgan fingerprint density at radius 1 is 1.11 bits per heavy atom. The summed E-state index contributed by atoms with van der Waals surface area (Å²) in [7, 11) is 0. The van der Waals surface area contributed by atoms with Crippen molar-refractivity contribution in [3.05, 3.63) is 83.8 Å². The molecule has 9 heteroatoms. The second-order valence-corrected chi connectivity index (χ2v) is 9.06. The molecule has 1 aromatic heterocycles. The SMILES string of the molecule is C[C@H](NC(=O)[C@H]1Cc2cc(C(F)(F)F)ccc2N2CCN(c3cnccn3)C[C@H]12)c1ccccc1. The van der Waals surface area contributed by atoms with Gasteiger partial charge in [0.05, 0.1) is 29.8 Å². The minimum absolute atomic E-state index is 0.166. The van der Waals surface area contributed by atoms with E-state index in [-0.39, 0.29) is 24.4 Å². The van der Waals surface area contributed by atoms with Crippen molar-refractivity contribution in [2.45, 2.75) is 31.6 Å². The van der Waals surface area contributed by atoms with Gasteiger partial charge in [-0.05, 0) is 42.7 Å². The monoisotopic (exact) mass is 481 g/mol. The van der Waals surface area contributed by atoms with E-state index in [0.29, 0.717) is 25.2 Å². The number of fused-ring (bicyclic) bond motifs is 3. The van der Waals surface area contributed by atoms with E-state index in [1.54, 1.807) is 24.7 Å². The number of hydrogen-bond donors (Lipinski definition) is 1. The van der Waals surface area contributed by atoms with Crippen LogP contribution in [-0.4, -0.2) is 41.6 Å². The highest BCUT2D eigenvalue weighted by molar-refractivity contribution is 5.82. The van der Waals surface area contributed by atoms with Gasteiger partial charge in [-0.3, -0.25) is 9.78 Å². The molecule has 0 bridgehead atoms. The van der Waals surface area contributed by atoms with Crippen molar-refractivity contribution in [3.63, 3.8) is 0 Å². The van der Waals surface area contributed by atoms with Crippen molar-refractivity contribution in [3.8, 4) is 0 Å². The van der Waals surface area contributed by atoms with Crippen LogP contribution in [0.1, 0.15) is 29.7 Å². The maximum Gasteiger partial charge on any atom is 0.416 e. The van der Waals surface area contributed by atoms with Gasteiger partial charge in [0.1, 0.15) is 5.82 Å². The van der Waals surface area contributed by atoms with Gasteiger partial charge in [-0.2, -0.15) is 13.2 Å². The Balaban J connectivity index is 1.46. The summed E-state index contributed by atoms with van der Waals surface area (Å²) >= 11 is 0. The lowest BCUT2D eigenvalue weighted by Crippen LogP contribution is -2.61. The van der Waals surface area contributed by atoms with Crippen molar-refractivity contribution in [1.29, 1.82) is 0 Å². The Labute approximate surface area is 201 Å². The number of anilines is 2. The lowest BCUT2D eigenvalue weighted by Gasteiger charge is -2.49. The number of piperazine rings is 1. The summed E-state index contributed by atoms with van der Waals surface area (Å²) in [5.41, 5.74) is 1.60. The van der Waals surface area contributed by atoms with Crippen LogP contribution in [0.4, 0.5) is 24.7 Å². The Morgan fingerprint density at radius 3 is 2.63 bits per heavy atom. The smallest absolute Gasteiger partial charge is 0.364 e. The molecule has 2 aliphatic rings. The average Bonchev–Trinajstić information content (AvgIpc) is 2.88. The summed E-state index contributed by atoms with van der Waals surface area (Å²) in [6.45, 7) is 3.63. The molecule has 3 heterocycles. The Hall–Kier alpha value is -3.62. The van der Waals surface area contributed by atoms with Crippen molar-refractivity contribution >= 4 is 17.4 Å². The average molecular weight is 482 g/mol. The lowest BCUT2D eigenvalue weighted by molar-refractivity contribution is -0.137. The van der Waals surface area contributed by atoms with Gasteiger partial charge in [-0.25, -0.2) is 4.98 Å². The van der Waals surface area contributed by atoms with Gasteiger partial charge in [0.15, 0.2) is 0 Å². The molecule has 3 aromatic rings. The largest absolute Gasteiger partial charge is 0.416 e. The number of amides is 1. The number of carbonyl (C=O) groups is 1. The summed E-state index contributed by atoms with van der Waals surface area (Å²) in [5, 5.41) is 3.09. The first-order valence-corrected chi connectivity index (χ1v) is 11.6. The second-order valence-electron chi connectivity index (χ2n) is 9.06. The molecule has 1 fully saturated rings. The first kappa shape index (κ1) is 23.1. The lowest BCUT2D eigenvalue weighted by atomic mass is 9.82. The fourth-order valence-electron chi connectivity index (χ4n) is 5.11. The molecule has 5 rings (SSSR count). The topological polar surface area (TPSA) is 61.4 Å². The van der Waals surface area contributed by atoms with E-state index in [9.17, 15) is 18.0 Å². The molecule has 0 saturated carbocycles. The van der Waals surface area contributed by atoms with Gasteiger partial charge in [0.2, 0.25) is 5.91 Å². The van der Waals surface area contributed by atoms with Crippen molar-refractivity contribution in [2.75, 3.05) is 29.4 Å². The molecule has 6 nitrogen and oxygen atoms in total. The van der Waals surface area contributed by atoms with Crippen LogP contribution in [0.15, 0.2) is 67.1 Å². The highest BCUT2D eigenvalue weighted by atomic mass is 19.4. The van der Waals surface area contributed by atoms with Gasteiger partial charge in [0, 0.05) is 37.7 Å². The molecule has 0 radical (unpaired) electrons. The van der Waals surface area contributed by atoms with Crippen molar-refractivity contribution in [1.82, 2.24) is 15.3 Å². The molecule has 2 aliphatic heterocycles. The summed E-state index contributed by atoms with van der Waals surface area (Å²) < 4.78 is 40.3. The fraction of sp³-hybridized carbons (Fsp3) is 0.346. The highest BCUT2D eigenvalue weighted by Crippen LogP contribution is 2.40. The number of nitrogens with zero attached hydrogens (tertiary/aromatic N) is 4. The number of hydrogen-bond acceptors (Lipinski definition) is 5. The molecule has 35 heavy (non-hydrogen) atoms.